The molecule has 0 aliphatic rings. The van der Waals surface area contributed by atoms with E-state index in [1.807, 2.05) is 0 Å². The van der Waals surface area contributed by atoms with Crippen molar-refractivity contribution in [1.82, 2.24) is 9.78 Å². The summed E-state index contributed by atoms with van der Waals surface area (Å²) in [5, 5.41) is 13.1. The number of nitrogens with zero attached hydrogens (tertiary/aromatic N) is 4. The molecule has 0 N–H and O–H groups in total. The summed E-state index contributed by atoms with van der Waals surface area (Å²) in [7, 11) is -2.83. The van der Waals surface area contributed by atoms with E-state index in [1.54, 1.807) is 53.5 Å². The quantitative estimate of drug-likeness (QED) is 0.719. The molecule has 3 aromatic rings. The smallest absolute Gasteiger partial charge is 0.140 e. The van der Waals surface area contributed by atoms with Crippen LogP contribution in [0.25, 0.3) is 5.69 Å². The second-order valence-corrected chi connectivity index (χ2v) is 7.78. The fraction of sp³-hybridized carbons (Fsp3) is 0.111. The van der Waals surface area contributed by atoms with E-state index in [0.717, 1.165) is 11.3 Å². The number of rotatable bonds is 4. The summed E-state index contributed by atoms with van der Waals surface area (Å²) in [6, 6.07) is 15.0. The SMILES string of the molecule is CS(=O)(=NCc1cnn(-c2ccc(C#N)cc2)c1)c1ccccc1F. The van der Waals surface area contributed by atoms with Crippen LogP contribution >= 0.6 is 0 Å². The van der Waals surface area contributed by atoms with E-state index in [1.165, 1.54) is 18.4 Å². The Morgan fingerprint density at radius 1 is 1.24 bits per heavy atom. The van der Waals surface area contributed by atoms with Crippen LogP contribution in [0.3, 0.4) is 0 Å². The Bertz CT molecular complexity index is 1060. The first kappa shape index (κ1) is 16.9. The minimum Gasteiger partial charge on any atom is -0.245 e. The Kier molecular flexibility index (Phi) is 4.63. The summed E-state index contributed by atoms with van der Waals surface area (Å²) < 4.78 is 32.3. The lowest BCUT2D eigenvalue weighted by Crippen LogP contribution is -2.01. The molecule has 0 aliphatic heterocycles. The topological polar surface area (TPSA) is 71.0 Å². The van der Waals surface area contributed by atoms with Crippen LogP contribution in [0, 0.1) is 17.1 Å². The average Bonchev–Trinajstić information content (AvgIpc) is 3.09. The van der Waals surface area contributed by atoms with Gasteiger partial charge in [0.15, 0.2) is 0 Å². The van der Waals surface area contributed by atoms with Crippen molar-refractivity contribution in [1.29, 1.82) is 5.26 Å². The predicted octanol–water partition coefficient (Wildman–Crippen LogP) is 3.54. The van der Waals surface area contributed by atoms with E-state index >= 15 is 0 Å². The van der Waals surface area contributed by atoms with Gasteiger partial charge in [0.1, 0.15) is 5.82 Å². The van der Waals surface area contributed by atoms with E-state index in [2.05, 4.69) is 15.5 Å². The van der Waals surface area contributed by atoms with Crippen molar-refractivity contribution >= 4 is 9.73 Å². The fourth-order valence-electron chi connectivity index (χ4n) is 2.29. The average molecular weight is 354 g/mol. The van der Waals surface area contributed by atoms with E-state index < -0.39 is 15.5 Å². The number of hydrogen-bond acceptors (Lipinski definition) is 4. The molecule has 1 unspecified atom stereocenters. The zero-order valence-electron chi connectivity index (χ0n) is 13.5. The molecule has 126 valence electrons. The molecule has 2 aromatic carbocycles. The monoisotopic (exact) mass is 354 g/mol. The van der Waals surface area contributed by atoms with Crippen molar-refractivity contribution in [3.8, 4) is 11.8 Å². The van der Waals surface area contributed by atoms with Crippen molar-refractivity contribution < 1.29 is 8.60 Å². The summed E-state index contributed by atoms with van der Waals surface area (Å²) in [5.74, 6) is -0.521. The fourth-order valence-corrected chi connectivity index (χ4v) is 3.59. The molecule has 0 bridgehead atoms. The number of benzene rings is 2. The maximum Gasteiger partial charge on any atom is 0.140 e. The number of nitriles is 1. The van der Waals surface area contributed by atoms with Crippen LogP contribution < -0.4 is 0 Å². The lowest BCUT2D eigenvalue weighted by Gasteiger charge is -2.05. The Balaban J connectivity index is 1.83. The van der Waals surface area contributed by atoms with Crippen LogP contribution in [0.4, 0.5) is 4.39 Å². The van der Waals surface area contributed by atoms with Gasteiger partial charge in [-0.3, -0.25) is 0 Å². The van der Waals surface area contributed by atoms with Crippen molar-refractivity contribution in [3.05, 3.63) is 77.9 Å². The summed E-state index contributed by atoms with van der Waals surface area (Å²) in [6.45, 7) is 0.167. The van der Waals surface area contributed by atoms with Gasteiger partial charge < -0.3 is 0 Å². The second kappa shape index (κ2) is 6.87. The molecule has 0 radical (unpaired) electrons. The maximum absolute atomic E-state index is 13.8. The molecule has 1 heterocycles. The molecule has 0 spiro atoms. The van der Waals surface area contributed by atoms with E-state index in [-0.39, 0.29) is 11.4 Å². The third kappa shape index (κ3) is 3.75. The summed E-state index contributed by atoms with van der Waals surface area (Å²) in [4.78, 5) is 0.106. The van der Waals surface area contributed by atoms with Crippen LogP contribution in [0.5, 0.6) is 0 Å². The highest BCUT2D eigenvalue weighted by atomic mass is 32.2. The molecule has 25 heavy (non-hydrogen) atoms. The maximum atomic E-state index is 13.8. The molecule has 3 rings (SSSR count). The molecular weight excluding hydrogens is 339 g/mol. The molecule has 1 aromatic heterocycles. The van der Waals surface area contributed by atoms with Gasteiger partial charge in [-0.25, -0.2) is 17.6 Å². The van der Waals surface area contributed by atoms with Crippen LogP contribution in [-0.2, 0) is 16.3 Å². The Morgan fingerprint density at radius 2 is 1.96 bits per heavy atom. The van der Waals surface area contributed by atoms with E-state index in [9.17, 15) is 8.60 Å². The van der Waals surface area contributed by atoms with Gasteiger partial charge in [-0.2, -0.15) is 10.4 Å². The molecule has 0 aliphatic carbocycles. The van der Waals surface area contributed by atoms with Crippen LogP contribution in [-0.4, -0.2) is 20.2 Å². The molecule has 0 saturated carbocycles. The minimum atomic E-state index is -2.83. The van der Waals surface area contributed by atoms with Gasteiger partial charge >= 0.3 is 0 Å². The van der Waals surface area contributed by atoms with Gasteiger partial charge in [-0.15, -0.1) is 0 Å². The zero-order valence-corrected chi connectivity index (χ0v) is 14.3. The highest BCUT2D eigenvalue weighted by Crippen LogP contribution is 2.17. The Hall–Kier alpha value is -2.98. The largest absolute Gasteiger partial charge is 0.245 e. The third-order valence-electron chi connectivity index (χ3n) is 3.64. The molecule has 1 atom stereocenters. The van der Waals surface area contributed by atoms with Gasteiger partial charge in [0.2, 0.25) is 0 Å². The Morgan fingerprint density at radius 3 is 2.64 bits per heavy atom. The van der Waals surface area contributed by atoms with Crippen LogP contribution in [0.15, 0.2) is 70.2 Å². The van der Waals surface area contributed by atoms with E-state index in [4.69, 9.17) is 5.26 Å². The summed E-state index contributed by atoms with van der Waals surface area (Å²) in [6.07, 6.45) is 4.82. The lowest BCUT2D eigenvalue weighted by atomic mass is 10.2. The summed E-state index contributed by atoms with van der Waals surface area (Å²) in [5.41, 5.74) is 2.13. The summed E-state index contributed by atoms with van der Waals surface area (Å²) >= 11 is 0. The first-order valence-electron chi connectivity index (χ1n) is 7.46. The normalized spacial score (nSPS) is 13.0. The van der Waals surface area contributed by atoms with Gasteiger partial charge in [-0.1, -0.05) is 12.1 Å². The van der Waals surface area contributed by atoms with Gasteiger partial charge in [0.25, 0.3) is 0 Å². The van der Waals surface area contributed by atoms with Crippen molar-refractivity contribution in [2.45, 2.75) is 11.4 Å². The highest BCUT2D eigenvalue weighted by molar-refractivity contribution is 7.93. The molecule has 0 saturated heterocycles. The van der Waals surface area contributed by atoms with Crippen molar-refractivity contribution in [2.75, 3.05) is 6.26 Å². The van der Waals surface area contributed by atoms with Gasteiger partial charge in [0, 0.05) is 18.0 Å². The first-order chi connectivity index (χ1) is 12.0. The zero-order chi connectivity index (χ0) is 17.9. The molecule has 0 fully saturated rings. The highest BCUT2D eigenvalue weighted by Gasteiger charge is 2.11. The third-order valence-corrected chi connectivity index (χ3v) is 5.40. The van der Waals surface area contributed by atoms with Gasteiger partial charge in [0.05, 0.1) is 44.7 Å². The molecular formula is C18H15FN4OS. The minimum absolute atomic E-state index is 0.106. The lowest BCUT2D eigenvalue weighted by molar-refractivity contribution is 0.594. The van der Waals surface area contributed by atoms with Crippen molar-refractivity contribution in [2.24, 2.45) is 4.36 Å². The second-order valence-electron chi connectivity index (χ2n) is 5.47. The number of aromatic nitrogens is 2. The van der Waals surface area contributed by atoms with E-state index in [0.29, 0.717) is 5.56 Å². The Labute approximate surface area is 145 Å². The number of hydrogen-bond donors (Lipinski definition) is 0. The van der Waals surface area contributed by atoms with Crippen molar-refractivity contribution in [3.63, 3.8) is 0 Å². The molecule has 7 heteroatoms. The first-order valence-corrected chi connectivity index (χ1v) is 9.38. The standard InChI is InChI=1S/C18H15FN4OS/c1-25(24,18-5-3-2-4-17(18)19)22-12-15-11-21-23(13-15)16-8-6-14(10-20)7-9-16/h2-9,11,13H,12H2,1H3. The molecule has 0 amide bonds. The predicted molar refractivity (Wildman–Crippen MR) is 93.1 cm³/mol. The molecule has 5 nitrogen and oxygen atoms in total. The van der Waals surface area contributed by atoms with Gasteiger partial charge in [-0.05, 0) is 36.4 Å². The number of halogens is 1. The van der Waals surface area contributed by atoms with Crippen LogP contribution in [0.2, 0.25) is 0 Å². The van der Waals surface area contributed by atoms with Crippen LogP contribution in [0.1, 0.15) is 11.1 Å².